The first-order valence-corrected chi connectivity index (χ1v) is 16.8. The lowest BCUT2D eigenvalue weighted by Gasteiger charge is -2.39. The van der Waals surface area contributed by atoms with Gasteiger partial charge in [0.2, 0.25) is 0 Å². The fraction of sp³-hybridized carbons (Fsp3) is 0.205. The van der Waals surface area contributed by atoms with E-state index in [0.717, 1.165) is 40.9 Å². The normalized spacial score (nSPS) is 19.1. The van der Waals surface area contributed by atoms with E-state index < -0.39 is 5.60 Å². The van der Waals surface area contributed by atoms with Crippen molar-refractivity contribution in [2.45, 2.75) is 44.1 Å². The second kappa shape index (κ2) is 10.3. The Hall–Kier alpha value is -5.33. The third kappa shape index (κ3) is 4.11. The number of hydrogen-bond donors (Lipinski definition) is 0. The molecule has 9 rings (SSSR count). The van der Waals surface area contributed by atoms with Crippen molar-refractivity contribution in [3.63, 3.8) is 0 Å². The molecule has 47 heavy (non-hydrogen) atoms. The molecule has 0 aromatic heterocycles. The Morgan fingerprint density at radius 1 is 0.723 bits per heavy atom. The number of piperidine rings is 1. The number of rotatable bonds is 3. The molecule has 0 bridgehead atoms. The van der Waals surface area contributed by atoms with Gasteiger partial charge in [0.15, 0.2) is 11.3 Å². The van der Waals surface area contributed by atoms with E-state index in [4.69, 9.17) is 11.3 Å². The SMILES string of the molecule is [C-]#[N+]c1ccc2c(c1)C(C)(C)c1c3c(c4ccccc4c1-2)OC(c1ccc(N2CCCCC2)cc1)(c1ccc2ccccc2c1)C=C3. The van der Waals surface area contributed by atoms with Crippen molar-refractivity contribution in [1.82, 2.24) is 0 Å². The van der Waals surface area contributed by atoms with Gasteiger partial charge in [-0.15, -0.1) is 0 Å². The van der Waals surface area contributed by atoms with Gasteiger partial charge in [-0.1, -0.05) is 111 Å². The number of hydrogen-bond acceptors (Lipinski definition) is 2. The van der Waals surface area contributed by atoms with Crippen LogP contribution in [0, 0.1) is 6.57 Å². The lowest BCUT2D eigenvalue weighted by Crippen LogP contribution is -2.35. The Labute approximate surface area is 276 Å². The molecule has 0 radical (unpaired) electrons. The van der Waals surface area contributed by atoms with Crippen molar-refractivity contribution in [3.8, 4) is 16.9 Å². The van der Waals surface area contributed by atoms with Gasteiger partial charge in [0.1, 0.15) is 5.75 Å². The predicted molar refractivity (Wildman–Crippen MR) is 195 cm³/mol. The van der Waals surface area contributed by atoms with E-state index in [-0.39, 0.29) is 5.41 Å². The molecule has 0 spiro atoms. The maximum Gasteiger partial charge on any atom is 0.187 e. The van der Waals surface area contributed by atoms with Gasteiger partial charge in [-0.25, -0.2) is 4.85 Å². The molecule has 1 unspecified atom stereocenters. The average Bonchev–Trinajstić information content (AvgIpc) is 3.37. The summed E-state index contributed by atoms with van der Waals surface area (Å²) in [6.07, 6.45) is 8.43. The lowest BCUT2D eigenvalue weighted by molar-refractivity contribution is 0.163. The standard InChI is InChI=1S/C44H36N2O/c1-43(2)39-28-33(45-3)19-22-37(39)40-35-13-7-8-14-36(35)42-38(41(40)43)23-24-44(47-42,32-16-15-29-11-5-6-12-30(29)27-32)31-17-20-34(21-18-31)46-25-9-4-10-26-46/h5-8,11-24,27-28H,4,9-10,25-26H2,1-2H3. The molecule has 6 aromatic carbocycles. The molecule has 3 nitrogen and oxygen atoms in total. The van der Waals surface area contributed by atoms with Crippen LogP contribution in [0.5, 0.6) is 5.75 Å². The van der Waals surface area contributed by atoms with Crippen LogP contribution < -0.4 is 9.64 Å². The highest BCUT2D eigenvalue weighted by atomic mass is 16.5. The summed E-state index contributed by atoms with van der Waals surface area (Å²) in [5.74, 6) is 0.918. The quantitative estimate of drug-likeness (QED) is 0.186. The fourth-order valence-electron chi connectivity index (χ4n) is 8.46. The molecule has 1 saturated heterocycles. The maximum absolute atomic E-state index is 7.70. The summed E-state index contributed by atoms with van der Waals surface area (Å²) in [5, 5.41) is 4.71. The summed E-state index contributed by atoms with van der Waals surface area (Å²) in [6.45, 7) is 14.5. The van der Waals surface area contributed by atoms with Crippen LogP contribution in [-0.2, 0) is 11.0 Å². The molecule has 2 heterocycles. The van der Waals surface area contributed by atoms with Crippen LogP contribution in [0.2, 0.25) is 0 Å². The predicted octanol–water partition coefficient (Wildman–Crippen LogP) is 11.2. The zero-order valence-electron chi connectivity index (χ0n) is 26.9. The second-order valence-electron chi connectivity index (χ2n) is 13.8. The first-order chi connectivity index (χ1) is 23.0. The maximum atomic E-state index is 7.70. The number of ether oxygens (including phenoxy) is 1. The van der Waals surface area contributed by atoms with Crippen molar-refractivity contribution in [3.05, 3.63) is 155 Å². The first kappa shape index (κ1) is 27.9. The van der Waals surface area contributed by atoms with Gasteiger partial charge < -0.3 is 9.64 Å². The first-order valence-electron chi connectivity index (χ1n) is 16.8. The van der Waals surface area contributed by atoms with Crippen molar-refractivity contribution in [2.24, 2.45) is 0 Å². The average molecular weight is 609 g/mol. The number of nitrogens with zero attached hydrogens (tertiary/aromatic N) is 2. The fourth-order valence-corrected chi connectivity index (χ4v) is 8.46. The summed E-state index contributed by atoms with van der Waals surface area (Å²) in [4.78, 5) is 6.29. The number of benzene rings is 6. The van der Waals surface area contributed by atoms with Gasteiger partial charge in [-0.3, -0.25) is 0 Å². The van der Waals surface area contributed by atoms with E-state index in [0.29, 0.717) is 5.69 Å². The Kier molecular flexibility index (Phi) is 6.15. The minimum Gasteiger partial charge on any atom is -0.472 e. The van der Waals surface area contributed by atoms with Gasteiger partial charge in [0, 0.05) is 46.3 Å². The Balaban J connectivity index is 1.28. The van der Waals surface area contributed by atoms with Crippen molar-refractivity contribution in [2.75, 3.05) is 18.0 Å². The summed E-state index contributed by atoms with van der Waals surface area (Å²) in [6, 6.07) is 39.3. The zero-order chi connectivity index (χ0) is 31.8. The van der Waals surface area contributed by atoms with E-state index in [1.54, 1.807) is 0 Å². The summed E-state index contributed by atoms with van der Waals surface area (Å²) >= 11 is 0. The van der Waals surface area contributed by atoms with Crippen molar-refractivity contribution in [1.29, 1.82) is 0 Å². The molecule has 1 aliphatic carbocycles. The van der Waals surface area contributed by atoms with Gasteiger partial charge in [0.25, 0.3) is 0 Å². The highest BCUT2D eigenvalue weighted by Gasteiger charge is 2.44. The molecule has 1 atom stereocenters. The van der Waals surface area contributed by atoms with Crippen molar-refractivity contribution < 1.29 is 4.74 Å². The highest BCUT2D eigenvalue weighted by Crippen LogP contribution is 2.58. The third-order valence-corrected chi connectivity index (χ3v) is 10.8. The molecule has 0 N–H and O–H groups in total. The summed E-state index contributed by atoms with van der Waals surface area (Å²) in [7, 11) is 0. The van der Waals surface area contributed by atoms with E-state index in [9.17, 15) is 0 Å². The molecule has 3 aliphatic rings. The topological polar surface area (TPSA) is 16.8 Å². The second-order valence-corrected chi connectivity index (χ2v) is 13.8. The zero-order valence-corrected chi connectivity index (χ0v) is 26.9. The molecule has 228 valence electrons. The Morgan fingerprint density at radius 3 is 2.23 bits per heavy atom. The van der Waals surface area contributed by atoms with Crippen LogP contribution in [0.25, 0.3) is 43.6 Å². The third-order valence-electron chi connectivity index (χ3n) is 10.8. The minimum absolute atomic E-state index is 0.299. The minimum atomic E-state index is -0.818. The lowest BCUT2D eigenvalue weighted by atomic mass is 9.76. The largest absolute Gasteiger partial charge is 0.472 e. The molecular formula is C44H36N2O. The molecular weight excluding hydrogens is 572 g/mol. The smallest absolute Gasteiger partial charge is 0.187 e. The van der Waals surface area contributed by atoms with Crippen molar-refractivity contribution >= 4 is 39.0 Å². The highest BCUT2D eigenvalue weighted by molar-refractivity contribution is 6.08. The molecule has 1 fully saturated rings. The number of anilines is 1. The van der Waals surface area contributed by atoms with Gasteiger partial charge in [-0.05, 0) is 82.0 Å². The van der Waals surface area contributed by atoms with Crippen LogP contribution >= 0.6 is 0 Å². The molecule has 2 aliphatic heterocycles. The van der Waals surface area contributed by atoms with E-state index in [1.807, 2.05) is 6.07 Å². The van der Waals surface area contributed by atoms with Gasteiger partial charge in [0.05, 0.1) is 6.57 Å². The number of fused-ring (bicyclic) bond motifs is 9. The van der Waals surface area contributed by atoms with Crippen LogP contribution in [0.3, 0.4) is 0 Å². The monoisotopic (exact) mass is 608 g/mol. The summed E-state index contributed by atoms with van der Waals surface area (Å²) < 4.78 is 7.55. The van der Waals surface area contributed by atoms with E-state index >= 15 is 0 Å². The molecule has 3 heteroatoms. The Morgan fingerprint density at radius 2 is 1.45 bits per heavy atom. The van der Waals surface area contributed by atoms with E-state index in [2.05, 4.69) is 139 Å². The van der Waals surface area contributed by atoms with Crippen LogP contribution in [0.15, 0.2) is 115 Å². The van der Waals surface area contributed by atoms with Crippen LogP contribution in [0.4, 0.5) is 11.4 Å². The van der Waals surface area contributed by atoms with Gasteiger partial charge >= 0.3 is 0 Å². The molecule has 0 amide bonds. The summed E-state index contributed by atoms with van der Waals surface area (Å²) in [5.41, 5.74) is 9.14. The molecule has 6 aromatic rings. The van der Waals surface area contributed by atoms with Crippen LogP contribution in [-0.4, -0.2) is 13.1 Å². The molecule has 0 saturated carbocycles. The Bertz CT molecular complexity index is 2300. The van der Waals surface area contributed by atoms with E-state index in [1.165, 1.54) is 63.4 Å². The van der Waals surface area contributed by atoms with Gasteiger partial charge in [-0.2, -0.15) is 0 Å². The van der Waals surface area contributed by atoms with Crippen LogP contribution in [0.1, 0.15) is 60.9 Å².